The molecule has 25 heavy (non-hydrogen) atoms. The minimum atomic E-state index is -0.436. The van der Waals surface area contributed by atoms with Gasteiger partial charge in [-0.25, -0.2) is 4.79 Å². The quantitative estimate of drug-likeness (QED) is 0.881. The third-order valence-electron chi connectivity index (χ3n) is 4.28. The molecule has 0 aliphatic carbocycles. The van der Waals surface area contributed by atoms with Crippen LogP contribution >= 0.6 is 0 Å². The molecule has 1 N–H and O–H groups in total. The molecule has 1 amide bonds. The number of hydrogen-bond acceptors (Lipinski definition) is 4. The zero-order chi connectivity index (χ0) is 18.3. The summed E-state index contributed by atoms with van der Waals surface area (Å²) in [4.78, 5) is 14.1. The van der Waals surface area contributed by atoms with Crippen LogP contribution < -0.4 is 5.32 Å². The first-order valence-corrected chi connectivity index (χ1v) is 9.15. The molecule has 0 spiro atoms. The van der Waals surface area contributed by atoms with Crippen molar-refractivity contribution in [2.24, 2.45) is 0 Å². The molecular weight excluding hydrogens is 316 g/mol. The van der Waals surface area contributed by atoms with Crippen LogP contribution in [-0.4, -0.2) is 42.8 Å². The molecule has 1 aliphatic rings. The van der Waals surface area contributed by atoms with Crippen LogP contribution in [0.4, 0.5) is 4.79 Å². The van der Waals surface area contributed by atoms with Crippen LogP contribution in [0, 0.1) is 0 Å². The van der Waals surface area contributed by atoms with Crippen LogP contribution in [0.3, 0.4) is 0 Å². The summed E-state index contributed by atoms with van der Waals surface area (Å²) in [6.45, 7) is 8.73. The Morgan fingerprint density at radius 1 is 1.24 bits per heavy atom. The number of likely N-dealkylation sites (tertiary alicyclic amines) is 1. The third-order valence-corrected chi connectivity index (χ3v) is 4.28. The van der Waals surface area contributed by atoms with Crippen LogP contribution in [0.5, 0.6) is 0 Å². The largest absolute Gasteiger partial charge is 0.444 e. The molecule has 5 heteroatoms. The van der Waals surface area contributed by atoms with E-state index in [1.165, 1.54) is 11.1 Å². The lowest BCUT2D eigenvalue weighted by Crippen LogP contribution is -2.38. The van der Waals surface area contributed by atoms with E-state index in [0.717, 1.165) is 38.9 Å². The van der Waals surface area contributed by atoms with E-state index in [1.54, 1.807) is 7.11 Å². The van der Waals surface area contributed by atoms with Crippen LogP contribution in [0.25, 0.3) is 0 Å². The van der Waals surface area contributed by atoms with E-state index in [-0.39, 0.29) is 6.09 Å². The molecule has 1 aromatic carbocycles. The molecule has 5 nitrogen and oxygen atoms in total. The van der Waals surface area contributed by atoms with Gasteiger partial charge >= 0.3 is 6.09 Å². The van der Waals surface area contributed by atoms with Crippen molar-refractivity contribution in [3.05, 3.63) is 35.4 Å². The summed E-state index contributed by atoms with van der Waals surface area (Å²) in [6, 6.07) is 8.90. The van der Waals surface area contributed by atoms with Crippen molar-refractivity contribution >= 4 is 6.09 Å². The summed E-state index contributed by atoms with van der Waals surface area (Å²) in [5, 5.41) is 3.64. The highest BCUT2D eigenvalue weighted by Crippen LogP contribution is 2.16. The molecule has 1 heterocycles. The number of carbonyl (C=O) groups is 1. The van der Waals surface area contributed by atoms with Crippen molar-refractivity contribution in [1.82, 2.24) is 10.2 Å². The Bertz CT molecular complexity index is 554. The lowest BCUT2D eigenvalue weighted by Gasteiger charge is -2.26. The molecule has 1 fully saturated rings. The van der Waals surface area contributed by atoms with Crippen molar-refractivity contribution < 1.29 is 14.3 Å². The van der Waals surface area contributed by atoms with Crippen molar-refractivity contribution in [3.8, 4) is 0 Å². The number of nitrogens with zero attached hydrogens (tertiary/aromatic N) is 1. The maximum absolute atomic E-state index is 12.2. The molecule has 1 aliphatic heterocycles. The highest BCUT2D eigenvalue weighted by molar-refractivity contribution is 5.68. The number of rotatable bonds is 5. The van der Waals surface area contributed by atoms with Gasteiger partial charge in [-0.1, -0.05) is 24.3 Å². The van der Waals surface area contributed by atoms with Gasteiger partial charge in [-0.2, -0.15) is 0 Å². The average Bonchev–Trinajstić information content (AvgIpc) is 2.78. The Hall–Kier alpha value is -1.59. The maximum Gasteiger partial charge on any atom is 0.410 e. The first-order chi connectivity index (χ1) is 11.9. The Balaban J connectivity index is 1.81. The van der Waals surface area contributed by atoms with Gasteiger partial charge < -0.3 is 19.7 Å². The van der Waals surface area contributed by atoms with Gasteiger partial charge in [0.25, 0.3) is 0 Å². The van der Waals surface area contributed by atoms with Crippen molar-refractivity contribution in [1.29, 1.82) is 0 Å². The maximum atomic E-state index is 12.2. The molecule has 140 valence electrons. The van der Waals surface area contributed by atoms with E-state index in [9.17, 15) is 4.79 Å². The number of ether oxygens (including phenoxy) is 2. The van der Waals surface area contributed by atoms with Gasteiger partial charge in [0.15, 0.2) is 0 Å². The molecule has 0 radical (unpaired) electrons. The van der Waals surface area contributed by atoms with Crippen LogP contribution in [0.1, 0.15) is 51.2 Å². The van der Waals surface area contributed by atoms with Crippen LogP contribution in [0.15, 0.2) is 24.3 Å². The Labute approximate surface area is 151 Å². The molecule has 1 unspecified atom stereocenters. The molecule has 1 aromatic rings. The fourth-order valence-corrected chi connectivity index (χ4v) is 3.07. The van der Waals surface area contributed by atoms with Gasteiger partial charge in [0.05, 0.1) is 6.61 Å². The highest BCUT2D eigenvalue weighted by atomic mass is 16.6. The zero-order valence-corrected chi connectivity index (χ0v) is 16.0. The summed E-state index contributed by atoms with van der Waals surface area (Å²) in [5.74, 6) is 0. The topological polar surface area (TPSA) is 50.8 Å². The Morgan fingerprint density at radius 2 is 2.00 bits per heavy atom. The lowest BCUT2D eigenvalue weighted by atomic mass is 10.1. The summed E-state index contributed by atoms with van der Waals surface area (Å²) >= 11 is 0. The number of benzene rings is 1. The van der Waals surface area contributed by atoms with Crippen LogP contribution in [-0.2, 0) is 22.6 Å². The summed E-state index contributed by atoms with van der Waals surface area (Å²) in [6.07, 6.45) is 2.84. The number of methoxy groups -OCH3 is 1. The second-order valence-corrected chi connectivity index (χ2v) is 7.73. The summed E-state index contributed by atoms with van der Waals surface area (Å²) in [5.41, 5.74) is 2.02. The van der Waals surface area contributed by atoms with Gasteiger partial charge in [-0.15, -0.1) is 0 Å². The van der Waals surface area contributed by atoms with Gasteiger partial charge in [-0.05, 0) is 51.2 Å². The first-order valence-electron chi connectivity index (χ1n) is 9.15. The molecule has 1 atom stereocenters. The summed E-state index contributed by atoms with van der Waals surface area (Å²) < 4.78 is 10.7. The van der Waals surface area contributed by atoms with Crippen molar-refractivity contribution in [2.75, 3.05) is 20.2 Å². The minimum Gasteiger partial charge on any atom is -0.444 e. The van der Waals surface area contributed by atoms with Gasteiger partial charge in [0.2, 0.25) is 0 Å². The second kappa shape index (κ2) is 9.20. The average molecular weight is 348 g/mol. The van der Waals surface area contributed by atoms with E-state index in [2.05, 4.69) is 29.6 Å². The Morgan fingerprint density at radius 3 is 2.72 bits per heavy atom. The van der Waals surface area contributed by atoms with Gasteiger partial charge in [0, 0.05) is 32.8 Å². The predicted octanol–water partition coefficient (Wildman–Crippen LogP) is 3.71. The smallest absolute Gasteiger partial charge is 0.410 e. The van der Waals surface area contributed by atoms with E-state index in [4.69, 9.17) is 9.47 Å². The lowest BCUT2D eigenvalue weighted by molar-refractivity contribution is 0.0256. The number of hydrogen-bond donors (Lipinski definition) is 1. The molecule has 1 saturated heterocycles. The Kier molecular flexibility index (Phi) is 7.26. The van der Waals surface area contributed by atoms with Crippen molar-refractivity contribution in [2.45, 2.75) is 64.8 Å². The van der Waals surface area contributed by atoms with Gasteiger partial charge in [0.1, 0.15) is 5.60 Å². The molecule has 0 saturated carbocycles. The third kappa shape index (κ3) is 7.04. The minimum absolute atomic E-state index is 0.194. The SMILES string of the molecule is COCc1cccc(CNC2CCCN(C(=O)OC(C)(C)C)CC2)c1. The highest BCUT2D eigenvalue weighted by Gasteiger charge is 2.25. The molecule has 0 aromatic heterocycles. The zero-order valence-electron chi connectivity index (χ0n) is 16.0. The van der Waals surface area contributed by atoms with E-state index >= 15 is 0 Å². The first kappa shape index (κ1) is 19.7. The summed E-state index contributed by atoms with van der Waals surface area (Å²) in [7, 11) is 1.72. The number of nitrogens with one attached hydrogen (secondary N) is 1. The fraction of sp³-hybridized carbons (Fsp3) is 0.650. The number of amides is 1. The molecule has 2 rings (SSSR count). The normalized spacial score (nSPS) is 18.7. The monoisotopic (exact) mass is 348 g/mol. The van der Waals surface area contributed by atoms with E-state index in [0.29, 0.717) is 12.6 Å². The predicted molar refractivity (Wildman–Crippen MR) is 99.4 cm³/mol. The van der Waals surface area contributed by atoms with Crippen molar-refractivity contribution in [3.63, 3.8) is 0 Å². The van der Waals surface area contributed by atoms with Gasteiger partial charge in [-0.3, -0.25) is 0 Å². The standard InChI is InChI=1S/C20H32N2O3/c1-20(2,3)25-19(23)22-11-6-9-18(10-12-22)21-14-16-7-5-8-17(13-16)15-24-4/h5,7-8,13,18,21H,6,9-12,14-15H2,1-4H3. The second-order valence-electron chi connectivity index (χ2n) is 7.73. The molecule has 0 bridgehead atoms. The van der Waals surface area contributed by atoms with E-state index < -0.39 is 5.60 Å². The van der Waals surface area contributed by atoms with E-state index in [1.807, 2.05) is 25.7 Å². The fourth-order valence-electron chi connectivity index (χ4n) is 3.07. The molecular formula is C20H32N2O3. The number of carbonyl (C=O) groups excluding carboxylic acids is 1. The van der Waals surface area contributed by atoms with Crippen LogP contribution in [0.2, 0.25) is 0 Å².